The quantitative estimate of drug-likeness (QED) is 0.891. The molecule has 23 heavy (non-hydrogen) atoms. The molecule has 0 aromatic carbocycles. The molecule has 0 radical (unpaired) electrons. The number of aromatic amines is 1. The van der Waals surface area contributed by atoms with Crippen LogP contribution in [0, 0.1) is 0 Å². The summed E-state index contributed by atoms with van der Waals surface area (Å²) in [5.41, 5.74) is 3.32. The topological polar surface area (TPSA) is 73.9 Å². The maximum Gasteiger partial charge on any atom is 0.318 e. The van der Waals surface area contributed by atoms with Gasteiger partial charge >= 0.3 is 6.03 Å². The van der Waals surface area contributed by atoms with E-state index in [4.69, 9.17) is 0 Å². The largest absolute Gasteiger partial charge is 0.331 e. The Morgan fingerprint density at radius 2 is 2.39 bits per heavy atom. The summed E-state index contributed by atoms with van der Waals surface area (Å²) in [5.74, 6) is 0. The van der Waals surface area contributed by atoms with Crippen LogP contribution in [0.15, 0.2) is 30.7 Å². The Bertz CT molecular complexity index is 639. The highest BCUT2D eigenvalue weighted by molar-refractivity contribution is 5.75. The number of nitrogens with zero attached hydrogens (tertiary/aromatic N) is 3. The molecule has 0 saturated carbocycles. The summed E-state index contributed by atoms with van der Waals surface area (Å²) in [4.78, 5) is 18.7. The van der Waals surface area contributed by atoms with Crippen LogP contribution in [0.1, 0.15) is 49.0 Å². The van der Waals surface area contributed by atoms with Crippen LogP contribution in [0.25, 0.3) is 0 Å². The molecule has 0 bridgehead atoms. The molecule has 0 saturated heterocycles. The van der Waals surface area contributed by atoms with E-state index >= 15 is 0 Å². The average Bonchev–Trinajstić information content (AvgIpc) is 3.06. The molecule has 3 rings (SSSR count). The van der Waals surface area contributed by atoms with Crippen LogP contribution < -0.4 is 5.32 Å². The maximum absolute atomic E-state index is 12.6. The van der Waals surface area contributed by atoms with E-state index in [0.717, 1.165) is 42.5 Å². The molecule has 2 N–H and O–H groups in total. The molecule has 0 unspecified atom stereocenters. The van der Waals surface area contributed by atoms with E-state index in [1.165, 1.54) is 0 Å². The molecule has 2 aromatic rings. The van der Waals surface area contributed by atoms with E-state index in [0.29, 0.717) is 13.1 Å². The number of carbonyl (C=O) groups excluding carboxylic acids is 1. The minimum absolute atomic E-state index is 0.0122. The molecule has 0 aliphatic carbocycles. The van der Waals surface area contributed by atoms with Gasteiger partial charge in [-0.2, -0.15) is 5.10 Å². The highest BCUT2D eigenvalue weighted by Gasteiger charge is 2.24. The zero-order chi connectivity index (χ0) is 16.1. The molecule has 2 aromatic heterocycles. The van der Waals surface area contributed by atoms with E-state index in [9.17, 15) is 4.79 Å². The van der Waals surface area contributed by atoms with Crippen molar-refractivity contribution in [2.75, 3.05) is 6.54 Å². The Balaban J connectivity index is 1.66. The summed E-state index contributed by atoms with van der Waals surface area (Å²) in [7, 11) is 0. The number of amides is 2. The van der Waals surface area contributed by atoms with Gasteiger partial charge in [-0.3, -0.25) is 10.1 Å². The predicted molar refractivity (Wildman–Crippen MR) is 87.7 cm³/mol. The lowest BCUT2D eigenvalue weighted by molar-refractivity contribution is 0.187. The predicted octanol–water partition coefficient (Wildman–Crippen LogP) is 2.80. The van der Waals surface area contributed by atoms with Crippen LogP contribution in [0.2, 0.25) is 0 Å². The molecule has 3 heterocycles. The number of rotatable bonds is 5. The number of fused-ring (bicyclic) bond motifs is 1. The van der Waals surface area contributed by atoms with Gasteiger partial charge in [0.2, 0.25) is 0 Å². The average molecular weight is 313 g/mol. The number of unbranched alkanes of at least 4 members (excludes halogenated alkanes) is 1. The number of aromatic nitrogens is 3. The Morgan fingerprint density at radius 1 is 1.48 bits per heavy atom. The SMILES string of the molecule is CCCC[C@H](NC(=O)N1CCc2[nH]ncc2C1)c1cccnc1. The maximum atomic E-state index is 12.6. The van der Waals surface area contributed by atoms with Crippen molar-refractivity contribution < 1.29 is 4.79 Å². The third-order valence-corrected chi connectivity index (χ3v) is 4.32. The van der Waals surface area contributed by atoms with Crippen LogP contribution in [0.3, 0.4) is 0 Å². The van der Waals surface area contributed by atoms with Crippen molar-refractivity contribution in [3.05, 3.63) is 47.5 Å². The number of nitrogens with one attached hydrogen (secondary N) is 2. The molecular formula is C17H23N5O. The lowest BCUT2D eigenvalue weighted by Gasteiger charge is -2.29. The fourth-order valence-electron chi connectivity index (χ4n) is 2.95. The van der Waals surface area contributed by atoms with Crippen molar-refractivity contribution in [1.82, 2.24) is 25.4 Å². The molecule has 0 spiro atoms. The van der Waals surface area contributed by atoms with Crippen LogP contribution >= 0.6 is 0 Å². The number of hydrogen-bond donors (Lipinski definition) is 2. The Kier molecular flexibility index (Phi) is 4.90. The Labute approximate surface area is 136 Å². The van der Waals surface area contributed by atoms with Crippen LogP contribution in [-0.2, 0) is 13.0 Å². The monoisotopic (exact) mass is 313 g/mol. The van der Waals surface area contributed by atoms with Gasteiger partial charge in [0, 0.05) is 36.6 Å². The fraction of sp³-hybridized carbons (Fsp3) is 0.471. The van der Waals surface area contributed by atoms with Crippen molar-refractivity contribution in [3.63, 3.8) is 0 Å². The minimum atomic E-state index is -0.0122. The van der Waals surface area contributed by atoms with Gasteiger partial charge in [0.05, 0.1) is 18.8 Å². The number of carbonyl (C=O) groups is 1. The summed E-state index contributed by atoms with van der Waals surface area (Å²) in [6.07, 6.45) is 9.34. The van der Waals surface area contributed by atoms with Gasteiger partial charge in [-0.25, -0.2) is 4.79 Å². The number of hydrogen-bond acceptors (Lipinski definition) is 3. The smallest absolute Gasteiger partial charge is 0.318 e. The summed E-state index contributed by atoms with van der Waals surface area (Å²) in [5, 5.41) is 10.2. The molecule has 2 amide bonds. The standard InChI is InChI=1S/C17H23N5O/c1-2-3-6-15(13-5-4-8-18-10-13)20-17(23)22-9-7-16-14(12-22)11-19-21-16/h4-5,8,10-11,15H,2-3,6-7,9,12H2,1H3,(H,19,21)(H,20,23)/t15-/m0/s1. The summed E-state index contributed by atoms with van der Waals surface area (Å²) in [6, 6.07) is 3.94. The molecule has 0 fully saturated rings. The highest BCUT2D eigenvalue weighted by Crippen LogP contribution is 2.21. The lowest BCUT2D eigenvalue weighted by atomic mass is 10.0. The van der Waals surface area contributed by atoms with E-state index in [-0.39, 0.29) is 12.1 Å². The number of urea groups is 1. The molecule has 6 heteroatoms. The second-order valence-corrected chi connectivity index (χ2v) is 5.98. The summed E-state index contributed by atoms with van der Waals surface area (Å²) >= 11 is 0. The van der Waals surface area contributed by atoms with Crippen molar-refractivity contribution >= 4 is 6.03 Å². The number of H-pyrrole nitrogens is 1. The van der Waals surface area contributed by atoms with E-state index in [2.05, 4.69) is 27.4 Å². The molecule has 1 atom stereocenters. The van der Waals surface area contributed by atoms with Crippen LogP contribution in [0.5, 0.6) is 0 Å². The zero-order valence-corrected chi connectivity index (χ0v) is 13.5. The molecule has 6 nitrogen and oxygen atoms in total. The molecular weight excluding hydrogens is 290 g/mol. The summed E-state index contributed by atoms with van der Waals surface area (Å²) in [6.45, 7) is 3.49. The first-order valence-electron chi connectivity index (χ1n) is 8.24. The second kappa shape index (κ2) is 7.26. The van der Waals surface area contributed by atoms with Gasteiger partial charge in [-0.05, 0) is 18.1 Å². The van der Waals surface area contributed by atoms with Gasteiger partial charge < -0.3 is 10.2 Å². The molecule has 1 aliphatic rings. The van der Waals surface area contributed by atoms with Crippen molar-refractivity contribution in [3.8, 4) is 0 Å². The van der Waals surface area contributed by atoms with Crippen LogP contribution in [0.4, 0.5) is 4.79 Å². The highest BCUT2D eigenvalue weighted by atomic mass is 16.2. The Hall–Kier alpha value is -2.37. The molecule has 1 aliphatic heterocycles. The first kappa shape index (κ1) is 15.5. The second-order valence-electron chi connectivity index (χ2n) is 5.98. The van der Waals surface area contributed by atoms with Crippen molar-refractivity contribution in [1.29, 1.82) is 0 Å². The lowest BCUT2D eigenvalue weighted by Crippen LogP contribution is -2.44. The third-order valence-electron chi connectivity index (χ3n) is 4.32. The van der Waals surface area contributed by atoms with Gasteiger partial charge in [0.1, 0.15) is 0 Å². The fourth-order valence-corrected chi connectivity index (χ4v) is 2.95. The minimum Gasteiger partial charge on any atom is -0.331 e. The number of pyridine rings is 1. The zero-order valence-electron chi connectivity index (χ0n) is 13.5. The summed E-state index contributed by atoms with van der Waals surface area (Å²) < 4.78 is 0. The third kappa shape index (κ3) is 3.70. The van der Waals surface area contributed by atoms with Crippen molar-refractivity contribution in [2.24, 2.45) is 0 Å². The van der Waals surface area contributed by atoms with E-state index in [1.54, 1.807) is 6.20 Å². The first-order chi connectivity index (χ1) is 11.3. The molecule has 122 valence electrons. The van der Waals surface area contributed by atoms with Gasteiger partial charge in [-0.1, -0.05) is 25.8 Å². The van der Waals surface area contributed by atoms with Gasteiger partial charge in [0.15, 0.2) is 0 Å². The Morgan fingerprint density at radius 3 is 3.17 bits per heavy atom. The first-order valence-corrected chi connectivity index (χ1v) is 8.24. The van der Waals surface area contributed by atoms with Gasteiger partial charge in [0.25, 0.3) is 0 Å². The van der Waals surface area contributed by atoms with Crippen molar-refractivity contribution in [2.45, 2.75) is 45.2 Å². The van der Waals surface area contributed by atoms with Gasteiger partial charge in [-0.15, -0.1) is 0 Å². The van der Waals surface area contributed by atoms with Crippen LogP contribution in [-0.4, -0.2) is 32.7 Å². The normalized spacial score (nSPS) is 15.1. The van der Waals surface area contributed by atoms with E-state index < -0.39 is 0 Å². The van der Waals surface area contributed by atoms with E-state index in [1.807, 2.05) is 29.4 Å².